The molecule has 1 aliphatic rings. The molecule has 3 heteroatoms. The number of benzene rings is 9. The van der Waals surface area contributed by atoms with Crippen LogP contribution in [0.2, 0.25) is 0 Å². The molecule has 0 spiro atoms. The van der Waals surface area contributed by atoms with E-state index in [1.807, 2.05) is 17.4 Å². The molecule has 2 heterocycles. The summed E-state index contributed by atoms with van der Waals surface area (Å²) in [6.45, 7) is 2.38. The largest absolute Gasteiger partial charge is 0.228 e. The van der Waals surface area contributed by atoms with E-state index < -0.39 is 0 Å². The summed E-state index contributed by atoms with van der Waals surface area (Å²) < 4.78 is 2.60. The molecule has 2 nitrogen and oxygen atoms in total. The lowest BCUT2D eigenvalue weighted by atomic mass is 9.74. The molecule has 2 aromatic heterocycles. The minimum absolute atomic E-state index is 0.299. The zero-order valence-electron chi connectivity index (χ0n) is 34.7. The average molecular weight is 821 g/mol. The third-order valence-corrected chi connectivity index (χ3v) is 14.2. The number of fused-ring (bicyclic) bond motifs is 6. The molecular formula is C60H40N2S. The van der Waals surface area contributed by atoms with E-state index in [1.165, 1.54) is 64.7 Å². The number of aromatic nitrogens is 2. The number of hydrogen-bond donors (Lipinski definition) is 0. The molecule has 11 aromatic rings. The zero-order valence-corrected chi connectivity index (χ0v) is 35.5. The first-order valence-corrected chi connectivity index (χ1v) is 22.4. The van der Waals surface area contributed by atoms with Gasteiger partial charge in [0.25, 0.3) is 0 Å². The van der Waals surface area contributed by atoms with E-state index in [0.717, 1.165) is 44.8 Å². The fourth-order valence-electron chi connectivity index (χ4n) is 9.87. The van der Waals surface area contributed by atoms with E-state index in [2.05, 4.69) is 225 Å². The second kappa shape index (κ2) is 15.0. The Hall–Kier alpha value is -7.72. The summed E-state index contributed by atoms with van der Waals surface area (Å²) in [6.07, 6.45) is 0. The van der Waals surface area contributed by atoms with Crippen LogP contribution in [0.3, 0.4) is 0 Å². The molecule has 0 N–H and O–H groups in total. The molecule has 0 radical (unpaired) electrons. The summed E-state index contributed by atoms with van der Waals surface area (Å²) in [7, 11) is 0. The Labute approximate surface area is 371 Å². The van der Waals surface area contributed by atoms with Crippen LogP contribution in [-0.2, 0) is 5.41 Å². The van der Waals surface area contributed by atoms with Crippen molar-refractivity contribution in [2.45, 2.75) is 12.3 Å². The van der Waals surface area contributed by atoms with Gasteiger partial charge in [-0.2, -0.15) is 0 Å². The quantitative estimate of drug-likeness (QED) is 0.160. The predicted octanol–water partition coefficient (Wildman–Crippen LogP) is 16.2. The Bertz CT molecular complexity index is 3520. The smallest absolute Gasteiger partial charge is 0.160 e. The highest BCUT2D eigenvalue weighted by atomic mass is 32.1. The first-order valence-electron chi connectivity index (χ1n) is 21.6. The standard InChI is InChI=1S/C60H40N2S/c1-60(46-24-9-4-10-25-46)52-31-13-11-27-51(52)57-47(28-17-32-53(57)60)44-35-43(39-18-5-2-6-19-39)36-45(37-44)55-38-54(61-59(62-55)40-20-7-3-8-21-40)42-23-15-22-41(34-42)48-29-16-30-50-49-26-12-14-33-56(49)63-58(48)50/h2-38H,1H3. The van der Waals surface area contributed by atoms with Crippen molar-refractivity contribution in [1.82, 2.24) is 9.97 Å². The van der Waals surface area contributed by atoms with Crippen LogP contribution in [0.1, 0.15) is 23.6 Å². The van der Waals surface area contributed by atoms with E-state index in [0.29, 0.717) is 5.82 Å². The van der Waals surface area contributed by atoms with Crippen LogP contribution in [0, 0.1) is 0 Å². The van der Waals surface area contributed by atoms with Crippen molar-refractivity contribution in [3.05, 3.63) is 241 Å². The van der Waals surface area contributed by atoms with Crippen LogP contribution in [0.4, 0.5) is 0 Å². The minimum atomic E-state index is -0.299. The topological polar surface area (TPSA) is 25.8 Å². The lowest BCUT2D eigenvalue weighted by Crippen LogP contribution is -2.22. The van der Waals surface area contributed by atoms with E-state index >= 15 is 0 Å². The molecular weight excluding hydrogens is 781 g/mol. The van der Waals surface area contributed by atoms with Crippen LogP contribution in [0.15, 0.2) is 224 Å². The third kappa shape index (κ3) is 6.23. The Morgan fingerprint density at radius 3 is 1.73 bits per heavy atom. The van der Waals surface area contributed by atoms with Gasteiger partial charge in [-0.25, -0.2) is 9.97 Å². The van der Waals surface area contributed by atoms with Crippen LogP contribution < -0.4 is 0 Å². The molecule has 9 aromatic carbocycles. The molecule has 1 unspecified atom stereocenters. The highest BCUT2D eigenvalue weighted by Crippen LogP contribution is 2.55. The maximum atomic E-state index is 5.38. The van der Waals surface area contributed by atoms with Crippen molar-refractivity contribution in [2.24, 2.45) is 0 Å². The van der Waals surface area contributed by atoms with Crippen molar-refractivity contribution in [2.75, 3.05) is 0 Å². The molecule has 1 aliphatic carbocycles. The van der Waals surface area contributed by atoms with Crippen molar-refractivity contribution in [3.8, 4) is 78.4 Å². The summed E-state index contributed by atoms with van der Waals surface area (Å²) >= 11 is 1.86. The predicted molar refractivity (Wildman–Crippen MR) is 265 cm³/mol. The molecule has 0 aliphatic heterocycles. The van der Waals surface area contributed by atoms with Crippen molar-refractivity contribution in [3.63, 3.8) is 0 Å². The Morgan fingerprint density at radius 1 is 0.365 bits per heavy atom. The average Bonchev–Trinajstić information content (AvgIpc) is 3.88. The second-order valence-corrected chi connectivity index (χ2v) is 17.7. The Kier molecular flexibility index (Phi) is 8.84. The summed E-state index contributed by atoms with van der Waals surface area (Å²) in [5.41, 5.74) is 18.1. The van der Waals surface area contributed by atoms with Crippen LogP contribution >= 0.6 is 11.3 Å². The maximum absolute atomic E-state index is 5.38. The van der Waals surface area contributed by atoms with E-state index in [-0.39, 0.29) is 5.41 Å². The van der Waals surface area contributed by atoms with Gasteiger partial charge in [0.15, 0.2) is 5.82 Å². The molecule has 0 saturated carbocycles. The lowest BCUT2D eigenvalue weighted by Gasteiger charge is -2.28. The maximum Gasteiger partial charge on any atom is 0.160 e. The Balaban J connectivity index is 1.06. The number of nitrogens with zero attached hydrogens (tertiary/aromatic N) is 2. The molecule has 1 atom stereocenters. The second-order valence-electron chi connectivity index (χ2n) is 16.6. The van der Waals surface area contributed by atoms with Gasteiger partial charge < -0.3 is 0 Å². The SMILES string of the molecule is CC1(c2ccccc2)c2ccccc2-c2c(-c3cc(-c4ccccc4)cc(-c4cc(-c5cccc(-c6cccc7c6sc6ccccc67)c5)nc(-c5ccccc5)n4)c3)cccc21. The zero-order chi connectivity index (χ0) is 41.9. The van der Waals surface area contributed by atoms with Crippen LogP contribution in [0.25, 0.3) is 98.6 Å². The normalized spacial score (nSPS) is 14.2. The van der Waals surface area contributed by atoms with Gasteiger partial charge in [-0.15, -0.1) is 11.3 Å². The van der Waals surface area contributed by atoms with Crippen molar-refractivity contribution in [1.29, 1.82) is 0 Å². The van der Waals surface area contributed by atoms with E-state index in [1.54, 1.807) is 0 Å². The summed E-state index contributed by atoms with van der Waals surface area (Å²) in [4.78, 5) is 10.7. The van der Waals surface area contributed by atoms with Gasteiger partial charge in [0.2, 0.25) is 0 Å². The number of rotatable bonds is 7. The molecule has 0 saturated heterocycles. The first kappa shape index (κ1) is 37.1. The van der Waals surface area contributed by atoms with Gasteiger partial charge >= 0.3 is 0 Å². The highest BCUT2D eigenvalue weighted by Gasteiger charge is 2.41. The van der Waals surface area contributed by atoms with E-state index in [9.17, 15) is 0 Å². The number of hydrogen-bond acceptors (Lipinski definition) is 3. The molecule has 0 bridgehead atoms. The van der Waals surface area contributed by atoms with E-state index in [4.69, 9.17) is 9.97 Å². The molecule has 0 amide bonds. The van der Waals surface area contributed by atoms with Gasteiger partial charge in [0.05, 0.1) is 11.4 Å². The number of thiophene rings is 1. The molecule has 12 rings (SSSR count). The third-order valence-electron chi connectivity index (χ3n) is 13.0. The van der Waals surface area contributed by atoms with Gasteiger partial charge in [0, 0.05) is 42.3 Å². The van der Waals surface area contributed by atoms with Crippen molar-refractivity contribution < 1.29 is 0 Å². The summed E-state index contributed by atoms with van der Waals surface area (Å²) in [6, 6.07) is 81.2. The monoisotopic (exact) mass is 820 g/mol. The highest BCUT2D eigenvalue weighted by molar-refractivity contribution is 7.26. The van der Waals surface area contributed by atoms with Gasteiger partial charge in [-0.05, 0) is 105 Å². The lowest BCUT2D eigenvalue weighted by molar-refractivity contribution is 0.714. The first-order chi connectivity index (χ1) is 31.1. The molecule has 296 valence electrons. The molecule has 63 heavy (non-hydrogen) atoms. The summed E-state index contributed by atoms with van der Waals surface area (Å²) in [5, 5.41) is 2.59. The Morgan fingerprint density at radius 2 is 0.905 bits per heavy atom. The van der Waals surface area contributed by atoms with Gasteiger partial charge in [-0.1, -0.05) is 188 Å². The van der Waals surface area contributed by atoms with Gasteiger partial charge in [0.1, 0.15) is 0 Å². The minimum Gasteiger partial charge on any atom is -0.228 e. The van der Waals surface area contributed by atoms with Crippen LogP contribution in [0.5, 0.6) is 0 Å². The van der Waals surface area contributed by atoms with Crippen molar-refractivity contribution >= 4 is 31.5 Å². The van der Waals surface area contributed by atoms with Gasteiger partial charge in [-0.3, -0.25) is 0 Å². The summed E-state index contributed by atoms with van der Waals surface area (Å²) in [5.74, 6) is 0.694. The fraction of sp³-hybridized carbons (Fsp3) is 0.0333. The fourth-order valence-corrected chi connectivity index (χ4v) is 11.1. The molecule has 0 fully saturated rings. The van der Waals surface area contributed by atoms with Crippen LogP contribution in [-0.4, -0.2) is 9.97 Å².